The summed E-state index contributed by atoms with van der Waals surface area (Å²) in [6.07, 6.45) is 3.93. The van der Waals surface area contributed by atoms with Gasteiger partial charge in [0.1, 0.15) is 4.32 Å². The van der Waals surface area contributed by atoms with Crippen LogP contribution in [0.2, 0.25) is 0 Å². The van der Waals surface area contributed by atoms with Crippen LogP contribution in [0.1, 0.15) is 54.4 Å². The highest BCUT2D eigenvalue weighted by atomic mass is 32.2. The quantitative estimate of drug-likeness (QED) is 0.489. The van der Waals surface area contributed by atoms with Gasteiger partial charge >= 0.3 is 0 Å². The van der Waals surface area contributed by atoms with Gasteiger partial charge in [0.15, 0.2) is 0 Å². The maximum absolute atomic E-state index is 13.1. The number of methoxy groups -OCH3 is 1. The molecule has 0 aliphatic carbocycles. The predicted molar refractivity (Wildman–Crippen MR) is 104 cm³/mol. The second-order valence-electron chi connectivity index (χ2n) is 7.16. The number of thioether (sulfide) groups is 1. The Hall–Kier alpha value is -0.390. The molecule has 1 rings (SSSR count). The van der Waals surface area contributed by atoms with Crippen molar-refractivity contribution in [2.24, 2.45) is 11.8 Å². The monoisotopic (exact) mass is 357 g/mol. The average molecular weight is 358 g/mol. The Bertz CT molecular complexity index is 472. The minimum atomic E-state index is -0.479. The lowest BCUT2D eigenvalue weighted by molar-refractivity contribution is -0.143. The first kappa shape index (κ1) is 20.7. The molecule has 0 aromatic rings. The van der Waals surface area contributed by atoms with Gasteiger partial charge < -0.3 is 4.74 Å². The Labute approximate surface area is 151 Å². The van der Waals surface area contributed by atoms with Crippen molar-refractivity contribution < 1.29 is 9.53 Å². The minimum absolute atomic E-state index is 0.0975. The molecular weight excluding hydrogens is 326 g/mol. The van der Waals surface area contributed by atoms with Crippen molar-refractivity contribution >= 4 is 34.2 Å². The van der Waals surface area contributed by atoms with E-state index in [1.54, 1.807) is 18.9 Å². The van der Waals surface area contributed by atoms with Gasteiger partial charge in [-0.25, -0.2) is 0 Å². The van der Waals surface area contributed by atoms with Crippen LogP contribution in [0.25, 0.3) is 0 Å². The smallest absolute Gasteiger partial charge is 0.234 e. The average Bonchev–Trinajstić information content (AvgIpc) is 2.87. The zero-order valence-electron chi connectivity index (χ0n) is 15.5. The molecule has 3 nitrogen and oxygen atoms in total. The molecule has 0 unspecified atom stereocenters. The maximum atomic E-state index is 13.1. The van der Waals surface area contributed by atoms with Gasteiger partial charge in [-0.05, 0) is 39.5 Å². The first-order valence-electron chi connectivity index (χ1n) is 8.32. The van der Waals surface area contributed by atoms with Crippen molar-refractivity contribution in [3.63, 3.8) is 0 Å². The van der Waals surface area contributed by atoms with E-state index in [-0.39, 0.29) is 17.9 Å². The summed E-state index contributed by atoms with van der Waals surface area (Å²) in [5.74, 6) is 1.17. The number of ether oxygens (including phenoxy) is 1. The Morgan fingerprint density at radius 3 is 2.57 bits per heavy atom. The molecule has 0 aromatic heterocycles. The fourth-order valence-electron chi connectivity index (χ4n) is 2.79. The molecule has 23 heavy (non-hydrogen) atoms. The fourth-order valence-corrected chi connectivity index (χ4v) is 4.43. The van der Waals surface area contributed by atoms with Crippen molar-refractivity contribution in [2.75, 3.05) is 12.9 Å². The Balaban J connectivity index is 2.90. The number of nitrogens with zero attached hydrogens (tertiary/aromatic N) is 1. The Morgan fingerprint density at radius 2 is 2.09 bits per heavy atom. The lowest BCUT2D eigenvalue weighted by atomic mass is 9.84. The summed E-state index contributed by atoms with van der Waals surface area (Å²) in [6, 6.07) is 0.196. The van der Waals surface area contributed by atoms with Gasteiger partial charge in [0, 0.05) is 18.9 Å². The molecule has 0 spiro atoms. The summed E-state index contributed by atoms with van der Waals surface area (Å²) in [6.45, 7) is 12.5. The number of hydrogen-bond donors (Lipinski definition) is 0. The molecule has 0 N–H and O–H groups in total. The number of rotatable bonds is 7. The van der Waals surface area contributed by atoms with E-state index < -0.39 is 5.60 Å². The fraction of sp³-hybridized carbons (Fsp3) is 0.778. The van der Waals surface area contributed by atoms with Crippen molar-refractivity contribution in [3.05, 3.63) is 11.6 Å². The Kier molecular flexibility index (Phi) is 7.75. The van der Waals surface area contributed by atoms with Gasteiger partial charge in [0.25, 0.3) is 0 Å². The first-order valence-corrected chi connectivity index (χ1v) is 9.71. The van der Waals surface area contributed by atoms with Crippen molar-refractivity contribution in [3.8, 4) is 0 Å². The van der Waals surface area contributed by atoms with Gasteiger partial charge in [-0.3, -0.25) is 9.69 Å². The molecule has 1 heterocycles. The molecule has 0 radical (unpaired) electrons. The number of thiocarbonyl (C=S) groups is 1. The molecule has 1 aliphatic heterocycles. The van der Waals surface area contributed by atoms with Gasteiger partial charge in [-0.15, -0.1) is 0 Å². The molecule has 3 atom stereocenters. The first-order chi connectivity index (χ1) is 10.6. The third kappa shape index (κ3) is 5.04. The molecule has 1 aliphatic rings. The second-order valence-corrected chi connectivity index (χ2v) is 8.81. The van der Waals surface area contributed by atoms with Gasteiger partial charge in [-0.2, -0.15) is 0 Å². The van der Waals surface area contributed by atoms with Crippen LogP contribution in [-0.2, 0) is 9.53 Å². The number of hydrogen-bond acceptors (Lipinski definition) is 4. The molecule has 132 valence electrons. The normalized spacial score (nSPS) is 22.2. The standard InChI is InChI=1S/C18H31NO2S2/c1-12(2)9-8-10-18(6,21-7)14(5)16(20)19-15(13(3)4)11-23-17(19)22/h9,13-15H,8,10-11H2,1-7H3/t14-,15+,18-/m0/s1. The van der Waals surface area contributed by atoms with E-state index in [1.807, 2.05) is 18.7 Å². The van der Waals surface area contributed by atoms with E-state index >= 15 is 0 Å². The lowest BCUT2D eigenvalue weighted by Crippen LogP contribution is -2.50. The van der Waals surface area contributed by atoms with Crippen LogP contribution >= 0.6 is 24.0 Å². The van der Waals surface area contributed by atoms with E-state index in [0.29, 0.717) is 10.2 Å². The number of carbonyl (C=O) groups is 1. The van der Waals surface area contributed by atoms with Crippen LogP contribution in [0, 0.1) is 11.8 Å². The van der Waals surface area contributed by atoms with E-state index in [2.05, 4.69) is 33.8 Å². The molecule has 1 fully saturated rings. The summed E-state index contributed by atoms with van der Waals surface area (Å²) in [5, 5.41) is 0. The molecule has 5 heteroatoms. The topological polar surface area (TPSA) is 29.5 Å². The van der Waals surface area contributed by atoms with Crippen LogP contribution in [0.15, 0.2) is 11.6 Å². The molecule has 1 amide bonds. The van der Waals surface area contributed by atoms with Gasteiger partial charge in [-0.1, -0.05) is 56.4 Å². The summed E-state index contributed by atoms with van der Waals surface area (Å²) < 4.78 is 6.48. The third-order valence-corrected chi connectivity index (χ3v) is 6.36. The zero-order chi connectivity index (χ0) is 17.8. The summed E-state index contributed by atoms with van der Waals surface area (Å²) in [7, 11) is 1.70. The predicted octanol–water partition coefficient (Wildman–Crippen LogP) is 4.66. The maximum Gasteiger partial charge on any atom is 0.234 e. The van der Waals surface area contributed by atoms with Crippen molar-refractivity contribution in [2.45, 2.75) is 66.0 Å². The summed E-state index contributed by atoms with van der Waals surface area (Å²) in [5.41, 5.74) is 0.812. The second kappa shape index (κ2) is 8.63. The largest absolute Gasteiger partial charge is 0.378 e. The van der Waals surface area contributed by atoms with Crippen LogP contribution in [0.3, 0.4) is 0 Å². The number of amides is 1. The summed E-state index contributed by atoms with van der Waals surface area (Å²) in [4.78, 5) is 14.9. The molecular formula is C18H31NO2S2. The van der Waals surface area contributed by atoms with E-state index in [1.165, 1.54) is 5.57 Å². The van der Waals surface area contributed by atoms with Crippen LogP contribution in [-0.4, -0.2) is 39.6 Å². The highest BCUT2D eigenvalue weighted by Crippen LogP contribution is 2.34. The van der Waals surface area contributed by atoms with E-state index in [9.17, 15) is 4.79 Å². The summed E-state index contributed by atoms with van der Waals surface area (Å²) >= 11 is 7.04. The molecule has 0 saturated carbocycles. The van der Waals surface area contributed by atoms with Crippen LogP contribution in [0.5, 0.6) is 0 Å². The van der Waals surface area contributed by atoms with Crippen LogP contribution < -0.4 is 0 Å². The zero-order valence-corrected chi connectivity index (χ0v) is 17.1. The lowest BCUT2D eigenvalue weighted by Gasteiger charge is -2.37. The number of carbonyl (C=O) groups excluding carboxylic acids is 1. The van der Waals surface area contributed by atoms with Crippen molar-refractivity contribution in [1.29, 1.82) is 0 Å². The van der Waals surface area contributed by atoms with Gasteiger partial charge in [0.2, 0.25) is 5.91 Å². The van der Waals surface area contributed by atoms with Crippen LogP contribution in [0.4, 0.5) is 0 Å². The van der Waals surface area contributed by atoms with E-state index in [4.69, 9.17) is 17.0 Å². The minimum Gasteiger partial charge on any atom is -0.378 e. The molecule has 0 bridgehead atoms. The highest BCUT2D eigenvalue weighted by Gasteiger charge is 2.43. The third-order valence-electron chi connectivity index (χ3n) is 4.86. The molecule has 1 saturated heterocycles. The van der Waals surface area contributed by atoms with Crippen molar-refractivity contribution in [1.82, 2.24) is 4.90 Å². The Morgan fingerprint density at radius 1 is 1.48 bits per heavy atom. The SMILES string of the molecule is CO[C@@](C)(CCC=C(C)C)[C@@H](C)C(=O)N1C(=S)SC[C@@H]1C(C)C. The van der Waals surface area contributed by atoms with E-state index in [0.717, 1.165) is 18.6 Å². The number of allylic oxidation sites excluding steroid dienone is 2. The van der Waals surface area contributed by atoms with Gasteiger partial charge in [0.05, 0.1) is 11.5 Å². The molecule has 0 aromatic carbocycles. The highest BCUT2D eigenvalue weighted by molar-refractivity contribution is 8.23.